The molecule has 1 aromatic carbocycles. The summed E-state index contributed by atoms with van der Waals surface area (Å²) in [6.45, 7) is 8.28. The minimum atomic E-state index is 1.21. The van der Waals surface area contributed by atoms with Crippen LogP contribution in [0.15, 0.2) is 95.7 Å². The first kappa shape index (κ1) is 17.7. The predicted molar refractivity (Wildman–Crippen MR) is 101 cm³/mol. The zero-order valence-corrected chi connectivity index (χ0v) is 14.1. The van der Waals surface area contributed by atoms with Crippen LogP contribution >= 0.6 is 0 Å². The third-order valence-corrected chi connectivity index (χ3v) is 3.23. The second-order valence-electron chi connectivity index (χ2n) is 5.04. The van der Waals surface area contributed by atoms with Gasteiger partial charge in [-0.05, 0) is 44.4 Å². The van der Waals surface area contributed by atoms with E-state index in [1.165, 1.54) is 22.3 Å². The van der Waals surface area contributed by atoms with Crippen molar-refractivity contribution in [2.45, 2.75) is 27.7 Å². The molecule has 0 nitrogen and oxygen atoms in total. The summed E-state index contributed by atoms with van der Waals surface area (Å²) in [4.78, 5) is 0. The molecule has 0 aromatic heterocycles. The molecule has 0 aliphatic rings. The van der Waals surface area contributed by atoms with Gasteiger partial charge in [0.25, 0.3) is 0 Å². The van der Waals surface area contributed by atoms with E-state index in [4.69, 9.17) is 0 Å². The average Bonchev–Trinajstić information content (AvgIpc) is 2.56. The monoisotopic (exact) mass is 290 g/mol. The molecule has 0 amide bonds. The lowest BCUT2D eigenvalue weighted by molar-refractivity contribution is 1.46. The molecule has 0 saturated carbocycles. The van der Waals surface area contributed by atoms with Gasteiger partial charge < -0.3 is 0 Å². The Morgan fingerprint density at radius 3 is 2.05 bits per heavy atom. The summed E-state index contributed by atoms with van der Waals surface area (Å²) in [5.74, 6) is 0. The van der Waals surface area contributed by atoms with Crippen molar-refractivity contribution in [2.24, 2.45) is 0 Å². The van der Waals surface area contributed by atoms with E-state index < -0.39 is 0 Å². The Bertz CT molecular complexity index is 617. The fourth-order valence-corrected chi connectivity index (χ4v) is 1.96. The third-order valence-electron chi connectivity index (χ3n) is 3.23. The average molecular weight is 290 g/mol. The van der Waals surface area contributed by atoms with Gasteiger partial charge >= 0.3 is 0 Å². The molecule has 0 spiro atoms. The van der Waals surface area contributed by atoms with Gasteiger partial charge in [-0.25, -0.2) is 0 Å². The molecule has 0 heterocycles. The van der Waals surface area contributed by atoms with E-state index >= 15 is 0 Å². The largest absolute Gasteiger partial charge is 0.0871 e. The molecule has 1 aromatic rings. The Balaban J connectivity index is 2.80. The molecule has 0 bridgehead atoms. The van der Waals surface area contributed by atoms with Gasteiger partial charge in [0.1, 0.15) is 0 Å². The zero-order chi connectivity index (χ0) is 16.2. The second-order valence-corrected chi connectivity index (χ2v) is 5.04. The van der Waals surface area contributed by atoms with Crippen LogP contribution in [0.4, 0.5) is 0 Å². The Morgan fingerprint density at radius 1 is 0.773 bits per heavy atom. The number of rotatable bonds is 6. The van der Waals surface area contributed by atoms with Crippen molar-refractivity contribution in [3.05, 3.63) is 101 Å². The lowest BCUT2D eigenvalue weighted by Gasteiger charge is -1.98. The second kappa shape index (κ2) is 10.4. The Hall–Kier alpha value is -2.34. The third kappa shape index (κ3) is 6.90. The van der Waals surface area contributed by atoms with Crippen molar-refractivity contribution in [2.75, 3.05) is 0 Å². The fraction of sp³-hybridized carbons (Fsp3) is 0.182. The molecule has 0 heteroatoms. The van der Waals surface area contributed by atoms with Crippen molar-refractivity contribution >= 4 is 6.08 Å². The van der Waals surface area contributed by atoms with Crippen molar-refractivity contribution in [1.82, 2.24) is 0 Å². The maximum Gasteiger partial charge on any atom is -0.0256 e. The van der Waals surface area contributed by atoms with Crippen molar-refractivity contribution < 1.29 is 0 Å². The highest BCUT2D eigenvalue weighted by Gasteiger charge is 1.89. The minimum Gasteiger partial charge on any atom is -0.0871 e. The molecule has 0 radical (unpaired) electrons. The van der Waals surface area contributed by atoms with Crippen LogP contribution in [0.3, 0.4) is 0 Å². The lowest BCUT2D eigenvalue weighted by atomic mass is 10.1. The van der Waals surface area contributed by atoms with Crippen molar-refractivity contribution in [1.29, 1.82) is 0 Å². The molecule has 22 heavy (non-hydrogen) atoms. The van der Waals surface area contributed by atoms with Crippen LogP contribution in [-0.4, -0.2) is 0 Å². The number of hydrogen-bond acceptors (Lipinski definition) is 0. The van der Waals surface area contributed by atoms with E-state index in [1.807, 2.05) is 13.0 Å². The highest BCUT2D eigenvalue weighted by molar-refractivity contribution is 5.55. The molecule has 0 fully saturated rings. The Labute approximate surface area is 135 Å². The molecular formula is C22H26. The van der Waals surface area contributed by atoms with Crippen LogP contribution in [0.1, 0.15) is 33.3 Å². The van der Waals surface area contributed by atoms with E-state index in [9.17, 15) is 0 Å². The van der Waals surface area contributed by atoms with Crippen LogP contribution in [0.5, 0.6) is 0 Å². The topological polar surface area (TPSA) is 0 Å². The quantitative estimate of drug-likeness (QED) is 0.513. The molecule has 114 valence electrons. The van der Waals surface area contributed by atoms with E-state index in [2.05, 4.69) is 99.7 Å². The van der Waals surface area contributed by atoms with Gasteiger partial charge in [0.15, 0.2) is 0 Å². The normalized spacial score (nSPS) is 14.6. The summed E-state index contributed by atoms with van der Waals surface area (Å²) >= 11 is 0. The molecular weight excluding hydrogens is 264 g/mol. The summed E-state index contributed by atoms with van der Waals surface area (Å²) in [5.41, 5.74) is 4.87. The first-order chi connectivity index (χ1) is 10.7. The van der Waals surface area contributed by atoms with E-state index in [1.54, 1.807) is 0 Å². The maximum absolute atomic E-state index is 2.19. The summed E-state index contributed by atoms with van der Waals surface area (Å²) in [6, 6.07) is 10.4. The summed E-state index contributed by atoms with van der Waals surface area (Å²) in [5, 5.41) is 0. The van der Waals surface area contributed by atoms with Crippen LogP contribution in [0.2, 0.25) is 0 Å². The fourth-order valence-electron chi connectivity index (χ4n) is 1.96. The van der Waals surface area contributed by atoms with Gasteiger partial charge in [0.05, 0.1) is 0 Å². The van der Waals surface area contributed by atoms with Gasteiger partial charge in [-0.2, -0.15) is 0 Å². The van der Waals surface area contributed by atoms with Crippen LogP contribution < -0.4 is 0 Å². The maximum atomic E-state index is 2.19. The van der Waals surface area contributed by atoms with Crippen LogP contribution in [-0.2, 0) is 0 Å². The smallest absolute Gasteiger partial charge is 0.0256 e. The lowest BCUT2D eigenvalue weighted by Crippen LogP contribution is -1.77. The highest BCUT2D eigenvalue weighted by atomic mass is 14.0. The van der Waals surface area contributed by atoms with Crippen LogP contribution in [0, 0.1) is 0 Å². The van der Waals surface area contributed by atoms with Crippen molar-refractivity contribution in [3.8, 4) is 0 Å². The first-order valence-electron chi connectivity index (χ1n) is 7.74. The number of hydrogen-bond donors (Lipinski definition) is 0. The summed E-state index contributed by atoms with van der Waals surface area (Å²) in [7, 11) is 0. The van der Waals surface area contributed by atoms with E-state index in [0.717, 1.165) is 0 Å². The van der Waals surface area contributed by atoms with Crippen molar-refractivity contribution in [3.63, 3.8) is 0 Å². The number of allylic oxidation sites excluding steroid dienone is 11. The standard InChI is InChI=1S/C22H26/c1-5-11-20(6-2)15-14-19(4)18-21(7-3)16-17-22-12-9-8-10-13-22/h5-18H,1-4H3/b11-5-,15-14+,17-16+,19-18+,20-6+,21-7-. The van der Waals surface area contributed by atoms with E-state index in [-0.39, 0.29) is 0 Å². The predicted octanol–water partition coefficient (Wildman–Crippen LogP) is 6.67. The Morgan fingerprint density at radius 2 is 1.45 bits per heavy atom. The molecule has 1 rings (SSSR count). The molecule has 0 atom stereocenters. The molecule has 0 saturated heterocycles. The first-order valence-corrected chi connectivity index (χ1v) is 7.74. The molecule has 0 unspecified atom stereocenters. The summed E-state index contributed by atoms with van der Waals surface area (Å²) < 4.78 is 0. The van der Waals surface area contributed by atoms with E-state index in [0.29, 0.717) is 0 Å². The van der Waals surface area contributed by atoms with Gasteiger partial charge in [0, 0.05) is 0 Å². The van der Waals surface area contributed by atoms with Crippen LogP contribution in [0.25, 0.3) is 6.08 Å². The van der Waals surface area contributed by atoms with Gasteiger partial charge in [-0.1, -0.05) is 90.6 Å². The molecule has 0 aliphatic heterocycles. The molecule has 0 aliphatic carbocycles. The molecule has 0 N–H and O–H groups in total. The highest BCUT2D eigenvalue weighted by Crippen LogP contribution is 2.10. The van der Waals surface area contributed by atoms with Gasteiger partial charge in [0.2, 0.25) is 0 Å². The SMILES string of the molecule is C\C=C/C(/C=C/C(C)=C/C(=C\C)/C=C/c1ccccc1)=C\C. The minimum absolute atomic E-state index is 1.21. The zero-order valence-electron chi connectivity index (χ0n) is 14.1. The Kier molecular flexibility index (Phi) is 8.37. The summed E-state index contributed by atoms with van der Waals surface area (Å²) in [6.07, 6.45) is 19.2. The number of benzene rings is 1. The van der Waals surface area contributed by atoms with Gasteiger partial charge in [-0.3, -0.25) is 0 Å². The van der Waals surface area contributed by atoms with Gasteiger partial charge in [-0.15, -0.1) is 0 Å².